The van der Waals surface area contributed by atoms with Crippen LogP contribution in [0.1, 0.15) is 39.0 Å². The van der Waals surface area contributed by atoms with Gasteiger partial charge in [-0.05, 0) is 19.8 Å². The summed E-state index contributed by atoms with van der Waals surface area (Å²) in [6, 6.07) is -1.36. The fourth-order valence-electron chi connectivity index (χ4n) is 2.18. The Hall–Kier alpha value is -1.59. The third-order valence-corrected chi connectivity index (χ3v) is 3.43. The van der Waals surface area contributed by atoms with Gasteiger partial charge in [-0.1, -0.05) is 19.3 Å². The fourth-order valence-corrected chi connectivity index (χ4v) is 2.18. The largest absolute Gasteiger partial charge is 0.481 e. The van der Waals surface area contributed by atoms with Gasteiger partial charge in [0, 0.05) is 5.92 Å². The molecule has 18 heavy (non-hydrogen) atoms. The van der Waals surface area contributed by atoms with Crippen LogP contribution in [0.25, 0.3) is 0 Å². The van der Waals surface area contributed by atoms with E-state index in [1.807, 2.05) is 0 Å². The van der Waals surface area contributed by atoms with Gasteiger partial charge in [-0.15, -0.1) is 0 Å². The number of carboxylic acids is 2. The zero-order chi connectivity index (χ0) is 13.7. The van der Waals surface area contributed by atoms with Gasteiger partial charge in [-0.2, -0.15) is 0 Å². The topological polar surface area (TPSA) is 104 Å². The lowest BCUT2D eigenvalue weighted by atomic mass is 9.88. The molecule has 3 N–H and O–H groups in total. The minimum atomic E-state index is -1.36. The van der Waals surface area contributed by atoms with Crippen LogP contribution in [-0.2, 0) is 14.4 Å². The monoisotopic (exact) mass is 257 g/mol. The van der Waals surface area contributed by atoms with E-state index in [1.165, 1.54) is 6.92 Å². The smallest absolute Gasteiger partial charge is 0.327 e. The Morgan fingerprint density at radius 2 is 1.61 bits per heavy atom. The molecule has 0 bridgehead atoms. The normalized spacial score (nSPS) is 19.8. The van der Waals surface area contributed by atoms with Crippen LogP contribution >= 0.6 is 0 Å². The summed E-state index contributed by atoms with van der Waals surface area (Å²) in [6.45, 7) is 1.28. The van der Waals surface area contributed by atoms with Crippen LogP contribution < -0.4 is 5.32 Å². The highest BCUT2D eigenvalue weighted by atomic mass is 16.4. The molecule has 1 fully saturated rings. The second-order valence-corrected chi connectivity index (χ2v) is 4.79. The van der Waals surface area contributed by atoms with Crippen LogP contribution in [0.3, 0.4) is 0 Å². The molecule has 2 atom stereocenters. The second kappa shape index (κ2) is 6.37. The van der Waals surface area contributed by atoms with Crippen molar-refractivity contribution in [3.63, 3.8) is 0 Å². The van der Waals surface area contributed by atoms with Crippen LogP contribution in [0.2, 0.25) is 0 Å². The maximum atomic E-state index is 11.9. The van der Waals surface area contributed by atoms with E-state index in [9.17, 15) is 14.4 Å². The first-order valence-corrected chi connectivity index (χ1v) is 6.19. The van der Waals surface area contributed by atoms with E-state index in [2.05, 4.69) is 5.32 Å². The van der Waals surface area contributed by atoms with Gasteiger partial charge >= 0.3 is 11.9 Å². The molecular formula is C12H19NO5. The maximum Gasteiger partial charge on any atom is 0.327 e. The highest BCUT2D eigenvalue weighted by molar-refractivity contribution is 5.88. The van der Waals surface area contributed by atoms with E-state index in [-0.39, 0.29) is 11.8 Å². The van der Waals surface area contributed by atoms with Crippen molar-refractivity contribution < 1.29 is 24.6 Å². The number of nitrogens with one attached hydrogen (secondary N) is 1. The molecule has 1 aliphatic carbocycles. The molecule has 1 saturated carbocycles. The summed E-state index contributed by atoms with van der Waals surface area (Å²) >= 11 is 0. The number of carbonyl (C=O) groups excluding carboxylic acids is 1. The quantitative estimate of drug-likeness (QED) is 0.677. The lowest BCUT2D eigenvalue weighted by molar-refractivity contribution is -0.151. The number of hydrogen-bond acceptors (Lipinski definition) is 3. The summed E-state index contributed by atoms with van der Waals surface area (Å²) in [6.07, 6.45) is 4.52. The Morgan fingerprint density at radius 3 is 2.06 bits per heavy atom. The van der Waals surface area contributed by atoms with Crippen molar-refractivity contribution in [2.24, 2.45) is 11.8 Å². The summed E-state index contributed by atoms with van der Waals surface area (Å²) in [7, 11) is 0. The summed E-state index contributed by atoms with van der Waals surface area (Å²) in [5.74, 6) is -4.20. The second-order valence-electron chi connectivity index (χ2n) is 4.79. The molecule has 0 radical (unpaired) electrons. The van der Waals surface area contributed by atoms with Crippen molar-refractivity contribution >= 4 is 17.8 Å². The lowest BCUT2D eigenvalue weighted by Gasteiger charge is -2.24. The first-order valence-electron chi connectivity index (χ1n) is 6.19. The summed E-state index contributed by atoms with van der Waals surface area (Å²) < 4.78 is 0. The number of aliphatic carboxylic acids is 2. The van der Waals surface area contributed by atoms with Crippen molar-refractivity contribution in [1.82, 2.24) is 5.32 Å². The minimum absolute atomic E-state index is 0.179. The molecule has 1 amide bonds. The number of amides is 1. The molecule has 0 heterocycles. The van der Waals surface area contributed by atoms with Crippen molar-refractivity contribution in [1.29, 1.82) is 0 Å². The van der Waals surface area contributed by atoms with E-state index in [0.717, 1.165) is 32.1 Å². The van der Waals surface area contributed by atoms with E-state index < -0.39 is 23.9 Å². The predicted molar refractivity (Wildman–Crippen MR) is 62.9 cm³/mol. The van der Waals surface area contributed by atoms with Crippen molar-refractivity contribution in [3.05, 3.63) is 0 Å². The molecule has 0 aromatic heterocycles. The molecular weight excluding hydrogens is 238 g/mol. The number of hydrogen-bond donors (Lipinski definition) is 3. The summed E-state index contributed by atoms with van der Waals surface area (Å²) in [5.41, 5.74) is 0. The van der Waals surface area contributed by atoms with Crippen molar-refractivity contribution in [2.45, 2.75) is 45.1 Å². The SMILES string of the molecule is CC(C(=O)O)[C@H](NC(=O)C1CCCCC1)C(=O)O. The molecule has 6 heteroatoms. The van der Waals surface area contributed by atoms with Gasteiger partial charge in [0.15, 0.2) is 0 Å². The summed E-state index contributed by atoms with van der Waals surface area (Å²) in [5, 5.41) is 20.1. The van der Waals surface area contributed by atoms with Crippen LogP contribution in [-0.4, -0.2) is 34.1 Å². The van der Waals surface area contributed by atoms with Crippen LogP contribution in [0, 0.1) is 11.8 Å². The first-order chi connectivity index (χ1) is 8.43. The third kappa shape index (κ3) is 3.72. The predicted octanol–water partition coefficient (Wildman–Crippen LogP) is 0.857. The van der Waals surface area contributed by atoms with Crippen LogP contribution in [0.4, 0.5) is 0 Å². The first kappa shape index (κ1) is 14.5. The fraction of sp³-hybridized carbons (Fsp3) is 0.750. The minimum Gasteiger partial charge on any atom is -0.481 e. The summed E-state index contributed by atoms with van der Waals surface area (Å²) in [4.78, 5) is 33.6. The van der Waals surface area contributed by atoms with Gasteiger partial charge in [-0.25, -0.2) is 4.79 Å². The van der Waals surface area contributed by atoms with Gasteiger partial charge in [0.1, 0.15) is 6.04 Å². The van der Waals surface area contributed by atoms with Gasteiger partial charge in [0.25, 0.3) is 0 Å². The molecule has 6 nitrogen and oxygen atoms in total. The number of carbonyl (C=O) groups is 3. The highest BCUT2D eigenvalue weighted by Gasteiger charge is 2.33. The van der Waals surface area contributed by atoms with Crippen LogP contribution in [0.5, 0.6) is 0 Å². The van der Waals surface area contributed by atoms with E-state index in [4.69, 9.17) is 10.2 Å². The van der Waals surface area contributed by atoms with E-state index in [0.29, 0.717) is 0 Å². The number of rotatable bonds is 5. The molecule has 102 valence electrons. The average molecular weight is 257 g/mol. The average Bonchev–Trinajstić information content (AvgIpc) is 2.35. The molecule has 0 saturated heterocycles. The third-order valence-electron chi connectivity index (χ3n) is 3.43. The maximum absolute atomic E-state index is 11.9. The standard InChI is InChI=1S/C12H19NO5/c1-7(11(15)16)9(12(17)18)13-10(14)8-5-3-2-4-6-8/h7-9H,2-6H2,1H3,(H,13,14)(H,15,16)(H,17,18)/t7?,9-/m0/s1. The Bertz CT molecular complexity index is 335. The van der Waals surface area contributed by atoms with Gasteiger partial charge in [0.2, 0.25) is 5.91 Å². The molecule has 1 rings (SSSR count). The zero-order valence-corrected chi connectivity index (χ0v) is 10.4. The van der Waals surface area contributed by atoms with E-state index >= 15 is 0 Å². The van der Waals surface area contributed by atoms with Crippen molar-refractivity contribution in [3.8, 4) is 0 Å². The van der Waals surface area contributed by atoms with E-state index in [1.54, 1.807) is 0 Å². The molecule has 0 aromatic rings. The molecule has 0 spiro atoms. The lowest BCUT2D eigenvalue weighted by Crippen LogP contribution is -2.49. The molecule has 1 aliphatic rings. The zero-order valence-electron chi connectivity index (χ0n) is 10.4. The molecule has 0 aromatic carbocycles. The Balaban J connectivity index is 2.62. The Labute approximate surface area is 105 Å². The van der Waals surface area contributed by atoms with Gasteiger partial charge in [-0.3, -0.25) is 9.59 Å². The van der Waals surface area contributed by atoms with Crippen LogP contribution in [0.15, 0.2) is 0 Å². The molecule has 0 aliphatic heterocycles. The molecule has 1 unspecified atom stereocenters. The Kier molecular flexibility index (Phi) is 5.12. The highest BCUT2D eigenvalue weighted by Crippen LogP contribution is 2.24. The Morgan fingerprint density at radius 1 is 1.06 bits per heavy atom. The van der Waals surface area contributed by atoms with Crippen molar-refractivity contribution in [2.75, 3.05) is 0 Å². The number of carboxylic acid groups (broad SMARTS) is 2. The van der Waals surface area contributed by atoms with Gasteiger partial charge in [0.05, 0.1) is 5.92 Å². The van der Waals surface area contributed by atoms with Gasteiger partial charge < -0.3 is 15.5 Å².